The number of nitrogens with one attached hydrogen (secondary N) is 1. The molecule has 0 bridgehead atoms. The Balaban J connectivity index is 1.54. The second-order valence-electron chi connectivity index (χ2n) is 10.0. The molecule has 0 aliphatic carbocycles. The Hall–Kier alpha value is -2.75. The monoisotopic (exact) mass is 529 g/mol. The van der Waals surface area contributed by atoms with Gasteiger partial charge in [0.2, 0.25) is 15.9 Å². The van der Waals surface area contributed by atoms with Gasteiger partial charge in [-0.05, 0) is 80.6 Å². The van der Waals surface area contributed by atoms with E-state index in [1.165, 1.54) is 25.3 Å². The molecule has 2 aromatic carbocycles. The number of fused-ring (bicyclic) bond motifs is 1. The van der Waals surface area contributed by atoms with Crippen molar-refractivity contribution >= 4 is 21.7 Å². The molecule has 37 heavy (non-hydrogen) atoms. The van der Waals surface area contributed by atoms with Gasteiger partial charge in [0.15, 0.2) is 0 Å². The lowest BCUT2D eigenvalue weighted by atomic mass is 9.97. The van der Waals surface area contributed by atoms with Gasteiger partial charge in [0.25, 0.3) is 0 Å². The standard InChI is InChI=1S/C28H39N3O5S/c1-19-15-26(36-6)16-20(2)28(19)37(34,35)31(5)18-25(32)9-10-27(33)29-21(3)23-8-7-22-11-13-30(4)14-12-24(22)17-23/h7-8,15-17,21H,9-14,18H2,1-6H3,(H,29,33). The molecule has 1 aliphatic heterocycles. The van der Waals surface area contributed by atoms with E-state index in [1.54, 1.807) is 26.0 Å². The minimum Gasteiger partial charge on any atom is -0.497 e. The van der Waals surface area contributed by atoms with Crippen LogP contribution in [0, 0.1) is 13.8 Å². The van der Waals surface area contributed by atoms with E-state index in [-0.39, 0.29) is 42.0 Å². The highest BCUT2D eigenvalue weighted by molar-refractivity contribution is 7.89. The molecule has 9 heteroatoms. The lowest BCUT2D eigenvalue weighted by Gasteiger charge is -2.20. The summed E-state index contributed by atoms with van der Waals surface area (Å²) in [5.74, 6) is 0.0288. The van der Waals surface area contributed by atoms with Crippen LogP contribution in [0.2, 0.25) is 0 Å². The largest absolute Gasteiger partial charge is 0.497 e. The van der Waals surface area contributed by atoms with Crippen LogP contribution in [0.4, 0.5) is 0 Å². The van der Waals surface area contributed by atoms with Crippen LogP contribution >= 0.6 is 0 Å². The molecule has 0 spiro atoms. The molecule has 1 N–H and O–H groups in total. The van der Waals surface area contributed by atoms with E-state index in [0.29, 0.717) is 16.9 Å². The molecule has 1 unspecified atom stereocenters. The Morgan fingerprint density at radius 2 is 1.68 bits per heavy atom. The summed E-state index contributed by atoms with van der Waals surface area (Å²) < 4.78 is 32.5. The van der Waals surface area contributed by atoms with E-state index in [2.05, 4.69) is 35.5 Å². The van der Waals surface area contributed by atoms with Crippen molar-refractivity contribution in [2.75, 3.05) is 40.8 Å². The zero-order valence-electron chi connectivity index (χ0n) is 22.8. The molecule has 0 aromatic heterocycles. The quantitative estimate of drug-likeness (QED) is 0.508. The van der Waals surface area contributed by atoms with Crippen molar-refractivity contribution in [1.29, 1.82) is 0 Å². The summed E-state index contributed by atoms with van der Waals surface area (Å²) in [6, 6.07) is 9.51. The molecule has 3 rings (SSSR count). The summed E-state index contributed by atoms with van der Waals surface area (Å²) >= 11 is 0. The maximum Gasteiger partial charge on any atom is 0.243 e. The van der Waals surface area contributed by atoms with E-state index in [0.717, 1.165) is 35.8 Å². The van der Waals surface area contributed by atoms with Gasteiger partial charge in [-0.3, -0.25) is 9.59 Å². The number of nitrogens with zero attached hydrogens (tertiary/aromatic N) is 2. The molecule has 2 aromatic rings. The molecule has 0 saturated heterocycles. The highest BCUT2D eigenvalue weighted by atomic mass is 32.2. The molecule has 8 nitrogen and oxygen atoms in total. The van der Waals surface area contributed by atoms with Gasteiger partial charge in [-0.25, -0.2) is 8.42 Å². The molecule has 1 amide bonds. The maximum absolute atomic E-state index is 13.1. The third kappa shape index (κ3) is 7.18. The number of ether oxygens (including phenoxy) is 1. The van der Waals surface area contributed by atoms with Crippen LogP contribution in [-0.2, 0) is 32.5 Å². The summed E-state index contributed by atoms with van der Waals surface area (Å²) in [4.78, 5) is 27.6. The first kappa shape index (κ1) is 28.8. The number of amides is 1. The van der Waals surface area contributed by atoms with Gasteiger partial charge in [-0.1, -0.05) is 18.2 Å². The summed E-state index contributed by atoms with van der Waals surface area (Å²) in [6.07, 6.45) is 1.99. The third-order valence-electron chi connectivity index (χ3n) is 7.00. The first-order valence-electron chi connectivity index (χ1n) is 12.6. The predicted octanol–water partition coefficient (Wildman–Crippen LogP) is 3.19. The topological polar surface area (TPSA) is 96.0 Å². The molecule has 0 fully saturated rings. The number of carbonyl (C=O) groups excluding carboxylic acids is 2. The van der Waals surface area contributed by atoms with Crippen LogP contribution in [0.1, 0.15) is 53.6 Å². The Morgan fingerprint density at radius 3 is 2.30 bits per heavy atom. The van der Waals surface area contributed by atoms with Crippen molar-refractivity contribution in [2.24, 2.45) is 0 Å². The van der Waals surface area contributed by atoms with E-state index in [4.69, 9.17) is 4.74 Å². The fourth-order valence-electron chi connectivity index (χ4n) is 4.78. The Labute approximate surface area is 221 Å². The second-order valence-corrected chi connectivity index (χ2v) is 12.0. The number of aryl methyl sites for hydroxylation is 2. The SMILES string of the molecule is COc1cc(C)c(S(=O)(=O)N(C)CC(=O)CCC(=O)NC(C)c2ccc3c(c2)CCN(C)CC3)c(C)c1. The number of hydrogen-bond acceptors (Lipinski definition) is 6. The Kier molecular flexibility index (Phi) is 9.50. The van der Waals surface area contributed by atoms with Crippen molar-refractivity contribution in [2.45, 2.75) is 57.4 Å². The summed E-state index contributed by atoms with van der Waals surface area (Å²) in [7, 11) is 1.16. The first-order valence-corrected chi connectivity index (χ1v) is 14.1. The molecular weight excluding hydrogens is 490 g/mol. The zero-order valence-corrected chi connectivity index (χ0v) is 23.6. The van der Waals surface area contributed by atoms with Crippen LogP contribution in [0.3, 0.4) is 0 Å². The van der Waals surface area contributed by atoms with Crippen molar-refractivity contribution in [3.05, 3.63) is 58.1 Å². The smallest absolute Gasteiger partial charge is 0.243 e. The van der Waals surface area contributed by atoms with E-state index in [9.17, 15) is 18.0 Å². The summed E-state index contributed by atoms with van der Waals surface area (Å²) in [6.45, 7) is 7.10. The molecule has 0 saturated carbocycles. The number of methoxy groups -OCH3 is 1. The van der Waals surface area contributed by atoms with Gasteiger partial charge in [0, 0.05) is 33.0 Å². The van der Waals surface area contributed by atoms with Gasteiger partial charge < -0.3 is 15.0 Å². The molecule has 0 radical (unpaired) electrons. The number of likely N-dealkylation sites (N-methyl/N-ethyl adjacent to an activating group) is 2. The Bertz CT molecular complexity index is 1240. The highest BCUT2D eigenvalue weighted by Gasteiger charge is 2.27. The first-order chi connectivity index (χ1) is 17.4. The number of rotatable bonds is 10. The van der Waals surface area contributed by atoms with Gasteiger partial charge >= 0.3 is 0 Å². The van der Waals surface area contributed by atoms with Crippen LogP contribution in [0.25, 0.3) is 0 Å². The average Bonchev–Trinajstić information content (AvgIpc) is 3.02. The lowest BCUT2D eigenvalue weighted by molar-refractivity contribution is -0.125. The number of ketones is 1. The van der Waals surface area contributed by atoms with Crippen LogP contribution in [0.15, 0.2) is 35.2 Å². The summed E-state index contributed by atoms with van der Waals surface area (Å²) in [5.41, 5.74) is 4.82. The van der Waals surface area contributed by atoms with Crippen molar-refractivity contribution in [3.8, 4) is 5.75 Å². The van der Waals surface area contributed by atoms with Gasteiger partial charge in [0.1, 0.15) is 11.5 Å². The molecule has 1 aliphatic rings. The zero-order chi connectivity index (χ0) is 27.3. The molecular formula is C28H39N3O5S. The minimum absolute atomic E-state index is 0.00733. The van der Waals surface area contributed by atoms with Crippen LogP contribution in [-0.4, -0.2) is 70.2 Å². The van der Waals surface area contributed by atoms with E-state index < -0.39 is 10.0 Å². The van der Waals surface area contributed by atoms with Crippen molar-refractivity contribution in [3.63, 3.8) is 0 Å². The van der Waals surface area contributed by atoms with Crippen LogP contribution < -0.4 is 10.1 Å². The minimum atomic E-state index is -3.87. The summed E-state index contributed by atoms with van der Waals surface area (Å²) in [5, 5.41) is 2.97. The van der Waals surface area contributed by atoms with E-state index in [1.807, 2.05) is 6.92 Å². The number of carbonyl (C=O) groups is 2. The fourth-order valence-corrected chi connectivity index (χ4v) is 6.34. The number of hydrogen-bond donors (Lipinski definition) is 1. The van der Waals surface area contributed by atoms with E-state index >= 15 is 0 Å². The molecule has 1 heterocycles. The van der Waals surface area contributed by atoms with Crippen LogP contribution in [0.5, 0.6) is 5.75 Å². The number of benzene rings is 2. The van der Waals surface area contributed by atoms with Gasteiger partial charge in [-0.2, -0.15) is 4.31 Å². The normalized spacial score (nSPS) is 15.1. The molecule has 202 valence electrons. The van der Waals surface area contributed by atoms with Gasteiger partial charge in [0.05, 0.1) is 24.6 Å². The fraction of sp³-hybridized carbons (Fsp3) is 0.500. The number of sulfonamides is 1. The van der Waals surface area contributed by atoms with Gasteiger partial charge in [-0.15, -0.1) is 0 Å². The highest BCUT2D eigenvalue weighted by Crippen LogP contribution is 2.28. The van der Waals surface area contributed by atoms with Crippen molar-refractivity contribution < 1.29 is 22.7 Å². The average molecular weight is 530 g/mol. The maximum atomic E-state index is 13.1. The second kappa shape index (κ2) is 12.2. The third-order valence-corrected chi connectivity index (χ3v) is 9.11. The van der Waals surface area contributed by atoms with Crippen molar-refractivity contribution in [1.82, 2.24) is 14.5 Å². The molecule has 1 atom stereocenters. The Morgan fingerprint density at radius 1 is 1.05 bits per heavy atom. The number of Topliss-reactive ketones (excluding diaryl/α,β-unsaturated/α-hetero) is 1. The predicted molar refractivity (Wildman–Crippen MR) is 144 cm³/mol. The lowest BCUT2D eigenvalue weighted by Crippen LogP contribution is -2.34.